The lowest BCUT2D eigenvalue weighted by Gasteiger charge is -2.36. The summed E-state index contributed by atoms with van der Waals surface area (Å²) < 4.78 is 58.9. The highest BCUT2D eigenvalue weighted by Gasteiger charge is 2.47. The molecule has 2 amide bonds. The summed E-state index contributed by atoms with van der Waals surface area (Å²) in [5.41, 5.74) is 0.587. The van der Waals surface area contributed by atoms with E-state index in [-0.39, 0.29) is 83.4 Å². The fraction of sp³-hybridized carbons (Fsp3) is 0.478. The number of aliphatic hydroxyl groups is 2. The lowest BCUT2D eigenvalue weighted by molar-refractivity contribution is -0.105. The summed E-state index contributed by atoms with van der Waals surface area (Å²) in [4.78, 5) is 60.8. The highest BCUT2D eigenvalue weighted by Crippen LogP contribution is 2.46. The molecule has 4 saturated carbocycles. The van der Waals surface area contributed by atoms with Gasteiger partial charge in [-0.3, -0.25) is 19.2 Å². The van der Waals surface area contributed by atoms with Crippen LogP contribution >= 0.6 is 0 Å². The molecule has 6 aromatic rings. The van der Waals surface area contributed by atoms with Crippen LogP contribution in [0.4, 0.5) is 52.2 Å². The van der Waals surface area contributed by atoms with Crippen molar-refractivity contribution in [3.05, 3.63) is 93.0 Å². The number of fused-ring (bicyclic) bond motifs is 2. The van der Waals surface area contributed by atoms with Crippen LogP contribution < -0.4 is 43.0 Å². The van der Waals surface area contributed by atoms with Gasteiger partial charge in [0.2, 0.25) is 0 Å². The average molecular weight is 975 g/mol. The molecule has 4 aliphatic carbocycles. The molecule has 6 aromatic heterocycles. The Morgan fingerprint density at radius 3 is 1.40 bits per heavy atom. The van der Waals surface area contributed by atoms with E-state index in [0.717, 1.165) is 38.5 Å². The Hall–Kier alpha value is -7.08. The van der Waals surface area contributed by atoms with E-state index < -0.39 is 47.3 Å². The van der Waals surface area contributed by atoms with E-state index in [0.29, 0.717) is 36.1 Å². The molecule has 20 nitrogen and oxygen atoms in total. The minimum Gasteiger partial charge on any atom is -0.393 e. The molecule has 0 saturated heterocycles. The molecule has 0 radical (unpaired) electrons. The molecule has 0 unspecified atom stereocenters. The Morgan fingerprint density at radius 1 is 0.643 bits per heavy atom. The van der Waals surface area contributed by atoms with Crippen LogP contribution in [0, 0.1) is 0 Å². The SMILES string of the molecule is CNc1cc(Nc2cccn(C3CC(F)(F)C3)c2=O)nc2c(C(=O)N[C@@H]3CCC[C@@H](O)C3)cnn12.CNc1cc(Nc2cccn(C3CC(F)(F)C3)c2=O)nc2c(C(=O)N[C@H]3CCC[C@H](O)C3)cnn12. The molecule has 0 aromatic carbocycles. The van der Waals surface area contributed by atoms with Gasteiger partial charge < -0.3 is 51.2 Å². The number of nitrogens with zero attached hydrogens (tertiary/aromatic N) is 8. The van der Waals surface area contributed by atoms with Crippen molar-refractivity contribution < 1.29 is 37.4 Å². The van der Waals surface area contributed by atoms with Crippen LogP contribution in [-0.4, -0.2) is 111 Å². The van der Waals surface area contributed by atoms with Gasteiger partial charge in [-0.2, -0.15) is 19.2 Å². The lowest BCUT2D eigenvalue weighted by Crippen LogP contribution is -2.41. The van der Waals surface area contributed by atoms with E-state index in [9.17, 15) is 47.0 Å². The average Bonchev–Trinajstić information content (AvgIpc) is 3.94. The van der Waals surface area contributed by atoms with Gasteiger partial charge in [0, 0.05) is 88.5 Å². The van der Waals surface area contributed by atoms with E-state index in [1.54, 1.807) is 50.5 Å². The fourth-order valence-corrected chi connectivity index (χ4v) is 9.56. The van der Waals surface area contributed by atoms with Crippen molar-refractivity contribution in [3.63, 3.8) is 0 Å². The Morgan fingerprint density at radius 2 is 1.04 bits per heavy atom. The number of halogens is 4. The fourth-order valence-electron chi connectivity index (χ4n) is 9.56. The third-order valence-corrected chi connectivity index (χ3v) is 13.3. The summed E-state index contributed by atoms with van der Waals surface area (Å²) in [6, 6.07) is 8.25. The summed E-state index contributed by atoms with van der Waals surface area (Å²) in [7, 11) is 3.38. The third kappa shape index (κ3) is 10.1. The molecule has 0 bridgehead atoms. The maximum absolute atomic E-state index is 13.3. The highest BCUT2D eigenvalue weighted by atomic mass is 19.3. The third-order valence-electron chi connectivity index (χ3n) is 13.3. The number of aliphatic hydroxyl groups excluding tert-OH is 2. The minimum atomic E-state index is -2.74. The molecular weight excluding hydrogens is 921 g/mol. The standard InChI is InChI=1S/2C23H27F2N7O3/c2*1-26-19-9-18(29-17-6-3-7-31(22(17)35)14-10-23(24,25)11-14)30-20-16(12-27-32(19)20)21(34)28-13-4-2-5-15(33)8-13/h2*3,6-7,9,12-15,26,33H,2,4-5,8,10-11H2,1H3,(H,28,34)(H,29,30)/t2*13-,15-/m10/s1. The Balaban J connectivity index is 0.000000174. The van der Waals surface area contributed by atoms with Gasteiger partial charge in [-0.05, 0) is 75.6 Å². The zero-order valence-electron chi connectivity index (χ0n) is 38.3. The van der Waals surface area contributed by atoms with Crippen molar-refractivity contribution in [1.82, 2.24) is 49.0 Å². The van der Waals surface area contributed by atoms with Gasteiger partial charge in [-0.15, -0.1) is 0 Å². The van der Waals surface area contributed by atoms with Gasteiger partial charge in [0.25, 0.3) is 34.8 Å². The Kier molecular flexibility index (Phi) is 13.3. The maximum atomic E-state index is 13.3. The first-order valence-electron chi connectivity index (χ1n) is 23.3. The number of carbonyl (C=O) groups excluding carboxylic acids is 2. The van der Waals surface area contributed by atoms with E-state index in [2.05, 4.69) is 52.1 Å². The number of anilines is 6. The van der Waals surface area contributed by atoms with Gasteiger partial charge >= 0.3 is 0 Å². The maximum Gasteiger partial charge on any atom is 0.274 e. The summed E-state index contributed by atoms with van der Waals surface area (Å²) in [6.45, 7) is 0. The van der Waals surface area contributed by atoms with Crippen LogP contribution in [-0.2, 0) is 0 Å². The summed E-state index contributed by atoms with van der Waals surface area (Å²) >= 11 is 0. The molecule has 4 fully saturated rings. The van der Waals surface area contributed by atoms with Crippen molar-refractivity contribution in [2.45, 2.75) is 125 Å². The lowest BCUT2D eigenvalue weighted by atomic mass is 9.88. The molecule has 70 heavy (non-hydrogen) atoms. The molecule has 372 valence electrons. The molecule has 4 atom stereocenters. The van der Waals surface area contributed by atoms with E-state index in [1.165, 1.54) is 43.0 Å². The highest BCUT2D eigenvalue weighted by molar-refractivity contribution is 6.01. The number of carbonyl (C=O) groups is 2. The number of aromatic nitrogens is 8. The number of rotatable bonds is 12. The van der Waals surface area contributed by atoms with Gasteiger partial charge in [-0.25, -0.2) is 27.5 Å². The van der Waals surface area contributed by atoms with Crippen molar-refractivity contribution in [2.75, 3.05) is 35.4 Å². The van der Waals surface area contributed by atoms with Crippen LogP contribution in [0.3, 0.4) is 0 Å². The zero-order chi connectivity index (χ0) is 49.5. The first-order valence-corrected chi connectivity index (χ1v) is 23.3. The van der Waals surface area contributed by atoms with Gasteiger partial charge in [0.1, 0.15) is 45.8 Å². The number of amides is 2. The molecule has 10 rings (SSSR count). The Bertz CT molecular complexity index is 2830. The van der Waals surface area contributed by atoms with Crippen LogP contribution in [0.25, 0.3) is 11.3 Å². The quantitative estimate of drug-likeness (QED) is 0.0720. The monoisotopic (exact) mass is 974 g/mol. The second kappa shape index (κ2) is 19.4. The molecule has 4 aliphatic rings. The second-order valence-corrected chi connectivity index (χ2v) is 18.5. The predicted molar refractivity (Wildman–Crippen MR) is 251 cm³/mol. The summed E-state index contributed by atoms with van der Waals surface area (Å²) in [6.07, 6.45) is 9.26. The number of hydrogen-bond donors (Lipinski definition) is 8. The minimum absolute atomic E-state index is 0.132. The molecule has 8 N–H and O–H groups in total. The van der Waals surface area contributed by atoms with Crippen molar-refractivity contribution >= 4 is 57.8 Å². The molecule has 0 aliphatic heterocycles. The smallest absolute Gasteiger partial charge is 0.274 e. The molecule has 24 heteroatoms. The topological polar surface area (TPSA) is 251 Å². The number of hydrogen-bond acceptors (Lipinski definition) is 14. The van der Waals surface area contributed by atoms with E-state index in [1.807, 2.05) is 0 Å². The van der Waals surface area contributed by atoms with Crippen molar-refractivity contribution in [2.24, 2.45) is 0 Å². The van der Waals surface area contributed by atoms with E-state index in [4.69, 9.17) is 0 Å². The van der Waals surface area contributed by atoms with Gasteiger partial charge in [0.15, 0.2) is 11.3 Å². The number of alkyl halides is 4. The summed E-state index contributed by atoms with van der Waals surface area (Å²) in [5.74, 6) is -4.54. The van der Waals surface area contributed by atoms with Crippen LogP contribution in [0.15, 0.2) is 70.8 Å². The van der Waals surface area contributed by atoms with Crippen molar-refractivity contribution in [3.8, 4) is 0 Å². The van der Waals surface area contributed by atoms with Gasteiger partial charge in [-0.1, -0.05) is 0 Å². The first-order chi connectivity index (χ1) is 33.5. The number of pyridine rings is 2. The molecular formula is C46H54F4N14O6. The predicted octanol–water partition coefficient (Wildman–Crippen LogP) is 5.36. The number of nitrogens with one attached hydrogen (secondary N) is 6. The second-order valence-electron chi connectivity index (χ2n) is 18.5. The zero-order valence-corrected chi connectivity index (χ0v) is 38.3. The van der Waals surface area contributed by atoms with E-state index >= 15 is 0 Å². The summed E-state index contributed by atoms with van der Waals surface area (Å²) in [5, 5.41) is 46.2. The normalized spacial score (nSPS) is 21.9. The molecule has 0 spiro atoms. The first kappa shape index (κ1) is 48.0. The largest absolute Gasteiger partial charge is 0.393 e. The molecule has 6 heterocycles. The van der Waals surface area contributed by atoms with Crippen LogP contribution in [0.5, 0.6) is 0 Å². The van der Waals surface area contributed by atoms with Crippen LogP contribution in [0.2, 0.25) is 0 Å². The van der Waals surface area contributed by atoms with Crippen LogP contribution in [0.1, 0.15) is 110 Å². The van der Waals surface area contributed by atoms with Gasteiger partial charge in [0.05, 0.1) is 24.6 Å². The van der Waals surface area contributed by atoms with Crippen molar-refractivity contribution in [1.29, 1.82) is 0 Å². The Labute approximate surface area is 396 Å².